The molecule has 5 amide bonds. The highest BCUT2D eigenvalue weighted by molar-refractivity contribution is 7.98. The second-order valence-electron chi connectivity index (χ2n) is 13.1. The molecule has 0 spiro atoms. The number of aromatic nitrogens is 2. The first-order chi connectivity index (χ1) is 27.8. The van der Waals surface area contributed by atoms with E-state index >= 15 is 0 Å². The molecule has 1 aliphatic heterocycles. The number of rotatable bonds is 25. The standard InChI is InChI=1S/C31H54N12O7S2.C2HF3O2/c1-52-13-9-22(30(49)50)41-27(46)21(8-5-12-37-31(33)34)39-26(45)20(6-2-3-10-32)40-29(48)24(16-51)43-28(47)23(14-18-15-35-17-38-18)42-25(44)19-7-4-11-36-19;3-2(4,5)1(6)7/h15,17,19-24,36,51H,2-14,16,32H2,1H3,(H,35,38)(H,39,45)(H,40,48)(H,41,46)(H,42,44)(H,43,47)(H,49,50)(H4,33,34,37);(H,6,7)/t19-,20-,21-,22-,23-,24-;/m0./s1. The molecule has 0 aliphatic carbocycles. The van der Waals surface area contributed by atoms with E-state index in [-0.39, 0.29) is 56.3 Å². The van der Waals surface area contributed by atoms with Crippen LogP contribution in [0.5, 0.6) is 0 Å². The van der Waals surface area contributed by atoms with Gasteiger partial charge in [0.2, 0.25) is 29.5 Å². The minimum absolute atomic E-state index is 0.0574. The lowest BCUT2D eigenvalue weighted by atomic mass is 10.0. The van der Waals surface area contributed by atoms with Crippen molar-refractivity contribution in [2.24, 2.45) is 22.2 Å². The largest absolute Gasteiger partial charge is 0.490 e. The van der Waals surface area contributed by atoms with E-state index in [2.05, 4.69) is 59.5 Å². The number of amides is 5. The van der Waals surface area contributed by atoms with Crippen molar-refractivity contribution >= 4 is 71.8 Å². The Hall–Kier alpha value is -4.82. The number of H-pyrrole nitrogens is 1. The Balaban J connectivity index is 0.00000227. The lowest BCUT2D eigenvalue weighted by Crippen LogP contribution is -2.60. The van der Waals surface area contributed by atoms with Crippen LogP contribution < -0.4 is 49.1 Å². The van der Waals surface area contributed by atoms with Gasteiger partial charge in [0, 0.05) is 30.6 Å². The van der Waals surface area contributed by atoms with Gasteiger partial charge in [-0.3, -0.25) is 29.0 Å². The summed E-state index contributed by atoms with van der Waals surface area (Å²) in [7, 11) is 0. The zero-order valence-electron chi connectivity index (χ0n) is 32.4. The van der Waals surface area contributed by atoms with Gasteiger partial charge in [0.15, 0.2) is 5.96 Å². The van der Waals surface area contributed by atoms with E-state index in [1.165, 1.54) is 24.3 Å². The van der Waals surface area contributed by atoms with Crippen molar-refractivity contribution < 1.29 is 56.9 Å². The maximum atomic E-state index is 13.7. The molecule has 1 fully saturated rings. The Morgan fingerprint density at radius 3 is 1.93 bits per heavy atom. The third kappa shape index (κ3) is 21.1. The molecular weight excluding hydrogens is 830 g/mol. The van der Waals surface area contributed by atoms with Crippen molar-refractivity contribution in [2.75, 3.05) is 37.4 Å². The smallest absolute Gasteiger partial charge is 0.480 e. The fourth-order valence-electron chi connectivity index (χ4n) is 5.32. The van der Waals surface area contributed by atoms with Crippen molar-refractivity contribution in [2.45, 2.75) is 100 Å². The van der Waals surface area contributed by atoms with E-state index in [4.69, 9.17) is 27.1 Å². The summed E-state index contributed by atoms with van der Waals surface area (Å²) < 4.78 is 31.7. The van der Waals surface area contributed by atoms with Crippen LogP contribution in [0.1, 0.15) is 57.1 Å². The summed E-state index contributed by atoms with van der Waals surface area (Å²) in [6.07, 6.45) is 2.81. The van der Waals surface area contributed by atoms with Crippen molar-refractivity contribution in [3.8, 4) is 0 Å². The number of carboxylic acid groups (broad SMARTS) is 2. The number of hydrogen-bond donors (Lipinski definition) is 13. The molecule has 1 saturated heterocycles. The zero-order valence-corrected chi connectivity index (χ0v) is 34.1. The fourth-order valence-corrected chi connectivity index (χ4v) is 6.05. The molecule has 0 aromatic carbocycles. The minimum Gasteiger partial charge on any atom is -0.480 e. The van der Waals surface area contributed by atoms with E-state index in [1.807, 2.05) is 6.26 Å². The summed E-state index contributed by atoms with van der Waals surface area (Å²) in [5, 5.41) is 33.1. The number of carboxylic acids is 2. The first-order valence-corrected chi connectivity index (χ1v) is 20.5. The highest BCUT2D eigenvalue weighted by atomic mass is 32.2. The van der Waals surface area contributed by atoms with Crippen LogP contribution in [0.25, 0.3) is 0 Å². The number of aliphatic carboxylic acids is 2. The number of carbonyl (C=O) groups is 7. The molecule has 1 aromatic heterocycles. The fraction of sp³-hybridized carbons (Fsp3) is 0.667. The number of aliphatic imine (C=N–C) groups is 1. The third-order valence-corrected chi connectivity index (χ3v) is 9.44. The molecule has 334 valence electrons. The molecule has 1 aliphatic rings. The molecule has 15 N–H and O–H groups in total. The topological polar surface area (TPSA) is 351 Å². The number of nitrogens with zero attached hydrogens (tertiary/aromatic N) is 2. The van der Waals surface area contributed by atoms with Crippen molar-refractivity contribution in [1.82, 2.24) is 41.9 Å². The van der Waals surface area contributed by atoms with Gasteiger partial charge in [-0.1, -0.05) is 0 Å². The van der Waals surface area contributed by atoms with Gasteiger partial charge in [-0.15, -0.1) is 0 Å². The van der Waals surface area contributed by atoms with Gasteiger partial charge < -0.3 is 64.3 Å². The molecule has 1 aromatic rings. The normalized spacial score (nSPS) is 16.1. The number of alkyl halides is 3. The quantitative estimate of drug-likeness (QED) is 0.0213. The van der Waals surface area contributed by atoms with E-state index in [0.29, 0.717) is 43.8 Å². The van der Waals surface area contributed by atoms with E-state index in [9.17, 15) is 47.0 Å². The monoisotopic (exact) mass is 884 g/mol. The number of halogens is 3. The number of imidazole rings is 1. The number of unbranched alkanes of at least 4 members (excludes halogenated alkanes) is 1. The molecule has 0 saturated carbocycles. The number of aromatic amines is 1. The second kappa shape index (κ2) is 27.8. The Morgan fingerprint density at radius 2 is 1.46 bits per heavy atom. The molecule has 2 heterocycles. The second-order valence-corrected chi connectivity index (χ2v) is 14.4. The Bertz CT molecular complexity index is 1530. The lowest BCUT2D eigenvalue weighted by Gasteiger charge is -2.27. The van der Waals surface area contributed by atoms with Gasteiger partial charge >= 0.3 is 18.1 Å². The molecule has 0 unspecified atom stereocenters. The van der Waals surface area contributed by atoms with Crippen molar-refractivity contribution in [1.29, 1.82) is 0 Å². The summed E-state index contributed by atoms with van der Waals surface area (Å²) in [5.74, 6) is -6.95. The number of nitrogens with two attached hydrogens (primary N) is 3. The Morgan fingerprint density at radius 1 is 0.898 bits per heavy atom. The average Bonchev–Trinajstić information content (AvgIpc) is 3.91. The predicted octanol–water partition coefficient (Wildman–Crippen LogP) is -2.29. The Kier molecular flexibility index (Phi) is 24.6. The number of hydrogen-bond acceptors (Lipinski definition) is 13. The van der Waals surface area contributed by atoms with Crippen molar-refractivity contribution in [3.05, 3.63) is 18.2 Å². The first kappa shape index (κ1) is 52.2. The highest BCUT2D eigenvalue weighted by Gasteiger charge is 2.38. The maximum Gasteiger partial charge on any atom is 0.490 e. The first-order valence-electron chi connectivity index (χ1n) is 18.4. The Labute approximate surface area is 348 Å². The lowest BCUT2D eigenvalue weighted by molar-refractivity contribution is -0.192. The number of thiol groups is 1. The number of thioether (sulfide) groups is 1. The third-order valence-electron chi connectivity index (χ3n) is 8.43. The minimum atomic E-state index is -5.08. The molecular formula is C33H55F3N12O9S2. The van der Waals surface area contributed by atoms with Crippen LogP contribution >= 0.6 is 24.4 Å². The number of guanidine groups is 1. The molecule has 6 atom stereocenters. The predicted molar refractivity (Wildman–Crippen MR) is 214 cm³/mol. The zero-order chi connectivity index (χ0) is 44.5. The van der Waals surface area contributed by atoms with Gasteiger partial charge in [-0.25, -0.2) is 14.6 Å². The van der Waals surface area contributed by atoms with Crippen LogP contribution in [0.4, 0.5) is 13.2 Å². The van der Waals surface area contributed by atoms with Crippen LogP contribution in [0, 0.1) is 0 Å². The van der Waals surface area contributed by atoms with Crippen LogP contribution in [0.2, 0.25) is 0 Å². The summed E-state index contributed by atoms with van der Waals surface area (Å²) in [5.41, 5.74) is 17.1. The highest BCUT2D eigenvalue weighted by Crippen LogP contribution is 2.13. The van der Waals surface area contributed by atoms with Crippen molar-refractivity contribution in [3.63, 3.8) is 0 Å². The maximum absolute atomic E-state index is 13.7. The summed E-state index contributed by atoms with van der Waals surface area (Å²) in [4.78, 5) is 98.5. The molecule has 21 nitrogen and oxygen atoms in total. The van der Waals surface area contributed by atoms with E-state index in [0.717, 1.165) is 6.42 Å². The van der Waals surface area contributed by atoms with Gasteiger partial charge in [-0.05, 0) is 76.5 Å². The summed E-state index contributed by atoms with van der Waals surface area (Å²) >= 11 is 5.69. The molecule has 26 heteroatoms. The summed E-state index contributed by atoms with van der Waals surface area (Å²) in [6.45, 7) is 1.16. The number of nitrogens with one attached hydrogen (secondary N) is 7. The molecule has 2 rings (SSSR count). The number of carbonyl (C=O) groups excluding carboxylic acids is 5. The van der Waals surface area contributed by atoms with Gasteiger partial charge in [0.05, 0.1) is 12.4 Å². The summed E-state index contributed by atoms with van der Waals surface area (Å²) in [6, 6.07) is -6.25. The van der Waals surface area contributed by atoms with E-state index < -0.39 is 78.0 Å². The molecule has 59 heavy (non-hydrogen) atoms. The average molecular weight is 885 g/mol. The van der Waals surface area contributed by atoms with Gasteiger partial charge in [0.1, 0.15) is 30.2 Å². The molecule has 0 bridgehead atoms. The van der Waals surface area contributed by atoms with Crippen LogP contribution in [-0.2, 0) is 40.0 Å². The van der Waals surface area contributed by atoms with Gasteiger partial charge in [0.25, 0.3) is 0 Å². The molecule has 0 radical (unpaired) electrons. The SMILES string of the molecule is CSCC[C@H](NC(=O)[C@H](CCCN=C(N)N)NC(=O)[C@H](CCCCN)NC(=O)[C@H](CS)NC(=O)[C@H](Cc1cnc[nH]1)NC(=O)[C@@H]1CCCN1)C(=O)O.O=C(O)C(F)(F)F. The van der Waals surface area contributed by atoms with Gasteiger partial charge in [-0.2, -0.15) is 37.6 Å². The van der Waals surface area contributed by atoms with E-state index in [1.54, 1.807) is 0 Å². The van der Waals surface area contributed by atoms with Crippen LogP contribution in [0.15, 0.2) is 17.5 Å². The van der Waals surface area contributed by atoms with Crippen LogP contribution in [-0.4, -0.2) is 147 Å². The van der Waals surface area contributed by atoms with Crippen LogP contribution in [0.3, 0.4) is 0 Å².